The van der Waals surface area contributed by atoms with Crippen molar-refractivity contribution < 1.29 is 14.7 Å². The minimum Gasteiger partial charge on any atom is -0.465 e. The number of piperazine rings is 1. The van der Waals surface area contributed by atoms with E-state index in [9.17, 15) is 14.7 Å². The lowest BCUT2D eigenvalue weighted by Crippen LogP contribution is -2.59. The molecule has 3 aromatic rings. The van der Waals surface area contributed by atoms with Crippen molar-refractivity contribution in [3.8, 4) is 0 Å². The lowest BCUT2D eigenvalue weighted by atomic mass is 9.84. The number of aromatic nitrogens is 2. The maximum atomic E-state index is 13.1. The van der Waals surface area contributed by atoms with Crippen LogP contribution in [0, 0.1) is 12.3 Å². The number of fused-ring (bicyclic) bond motifs is 1. The molecule has 0 bridgehead atoms. The zero-order valence-corrected chi connectivity index (χ0v) is 23.0. The fraction of sp³-hybridized carbons (Fsp3) is 0.536. The van der Waals surface area contributed by atoms with Gasteiger partial charge in [-0.05, 0) is 55.5 Å². The van der Waals surface area contributed by atoms with Crippen LogP contribution in [0.15, 0.2) is 30.3 Å². The second-order valence-electron chi connectivity index (χ2n) is 11.5. The van der Waals surface area contributed by atoms with Gasteiger partial charge in [0.1, 0.15) is 4.83 Å². The second-order valence-corrected chi connectivity index (χ2v) is 12.5. The normalized spacial score (nSPS) is 19.4. The number of amides is 2. The molecule has 9 heteroatoms. The largest absolute Gasteiger partial charge is 0.465 e. The van der Waals surface area contributed by atoms with Gasteiger partial charge in [0.25, 0.3) is 5.91 Å². The Hall–Kier alpha value is -3.07. The molecule has 2 N–H and O–H groups in total. The van der Waals surface area contributed by atoms with Crippen molar-refractivity contribution in [1.29, 1.82) is 0 Å². The highest BCUT2D eigenvalue weighted by Gasteiger charge is 2.38. The van der Waals surface area contributed by atoms with Gasteiger partial charge in [-0.3, -0.25) is 9.48 Å². The first-order valence-electron chi connectivity index (χ1n) is 13.3. The van der Waals surface area contributed by atoms with E-state index in [2.05, 4.69) is 35.7 Å². The van der Waals surface area contributed by atoms with Crippen LogP contribution in [0.3, 0.4) is 0 Å². The number of carbonyl (C=O) groups is 2. The highest BCUT2D eigenvalue weighted by atomic mass is 32.1. The van der Waals surface area contributed by atoms with E-state index >= 15 is 0 Å². The van der Waals surface area contributed by atoms with Crippen LogP contribution in [0.1, 0.15) is 74.3 Å². The molecule has 2 amide bonds. The third-order valence-electron chi connectivity index (χ3n) is 7.83. The Bertz CT molecular complexity index is 1280. The third kappa shape index (κ3) is 5.19. The number of aryl methyl sites for hydroxylation is 1. The van der Waals surface area contributed by atoms with Gasteiger partial charge in [-0.1, -0.05) is 40.0 Å². The van der Waals surface area contributed by atoms with Crippen LogP contribution in [0.5, 0.6) is 0 Å². The molecule has 8 nitrogen and oxygen atoms in total. The molecule has 2 aliphatic rings. The van der Waals surface area contributed by atoms with Crippen LogP contribution < -0.4 is 10.2 Å². The highest BCUT2D eigenvalue weighted by Crippen LogP contribution is 2.36. The molecular formula is C28H37N5O3S. The first-order chi connectivity index (χ1) is 17.6. The molecule has 1 aliphatic carbocycles. The van der Waals surface area contributed by atoms with Crippen molar-refractivity contribution in [3.05, 3.63) is 40.9 Å². The molecule has 2 aromatic heterocycles. The molecule has 37 heavy (non-hydrogen) atoms. The number of thiophene rings is 1. The quantitative estimate of drug-likeness (QED) is 0.414. The second kappa shape index (κ2) is 10.0. The zero-order valence-electron chi connectivity index (χ0n) is 22.2. The van der Waals surface area contributed by atoms with Crippen molar-refractivity contribution in [3.63, 3.8) is 0 Å². The van der Waals surface area contributed by atoms with Gasteiger partial charge < -0.3 is 20.2 Å². The summed E-state index contributed by atoms with van der Waals surface area (Å²) in [5.41, 5.74) is 2.59. The van der Waals surface area contributed by atoms with Gasteiger partial charge in [-0.25, -0.2) is 4.79 Å². The summed E-state index contributed by atoms with van der Waals surface area (Å²) in [4.78, 5) is 30.4. The maximum Gasteiger partial charge on any atom is 0.407 e. The SMILES string of the molecule is Cc1nn(C2CCCCC2)c2sc(C(=O)Nc3ccc(N4CCN(C(=O)O)C(C(C)(C)C)C4)cc3)cc12. The van der Waals surface area contributed by atoms with Crippen LogP contribution in [-0.4, -0.2) is 57.5 Å². The molecule has 198 valence electrons. The first kappa shape index (κ1) is 25.6. The van der Waals surface area contributed by atoms with Gasteiger partial charge in [-0.15, -0.1) is 11.3 Å². The Morgan fingerprint density at radius 3 is 2.43 bits per heavy atom. The Kier molecular flexibility index (Phi) is 6.91. The lowest BCUT2D eigenvalue weighted by Gasteiger charge is -2.46. The maximum absolute atomic E-state index is 13.1. The van der Waals surface area contributed by atoms with Gasteiger partial charge >= 0.3 is 6.09 Å². The Balaban J connectivity index is 1.28. The minimum absolute atomic E-state index is 0.0981. The van der Waals surface area contributed by atoms with Crippen LogP contribution in [0.2, 0.25) is 0 Å². The molecule has 1 saturated heterocycles. The van der Waals surface area contributed by atoms with Crippen LogP contribution >= 0.6 is 11.3 Å². The number of nitrogens with zero attached hydrogens (tertiary/aromatic N) is 4. The number of carbonyl (C=O) groups excluding carboxylic acids is 1. The van der Waals surface area contributed by atoms with E-state index in [1.807, 2.05) is 37.3 Å². The Morgan fingerprint density at radius 1 is 1.08 bits per heavy atom. The monoisotopic (exact) mass is 523 g/mol. The molecule has 3 heterocycles. The summed E-state index contributed by atoms with van der Waals surface area (Å²) in [6.45, 7) is 10.0. The molecule has 1 unspecified atom stereocenters. The van der Waals surface area contributed by atoms with E-state index in [4.69, 9.17) is 5.10 Å². The third-order valence-corrected chi connectivity index (χ3v) is 8.95. The molecule has 2 fully saturated rings. The van der Waals surface area contributed by atoms with Gasteiger partial charge in [0.2, 0.25) is 0 Å². The summed E-state index contributed by atoms with van der Waals surface area (Å²) < 4.78 is 2.16. The van der Waals surface area contributed by atoms with E-state index in [-0.39, 0.29) is 17.4 Å². The van der Waals surface area contributed by atoms with Crippen molar-refractivity contribution in [2.24, 2.45) is 5.41 Å². The van der Waals surface area contributed by atoms with Crippen molar-refractivity contribution in [2.45, 2.75) is 71.9 Å². The van der Waals surface area contributed by atoms with Gasteiger partial charge in [0.05, 0.1) is 22.7 Å². The zero-order chi connectivity index (χ0) is 26.3. The fourth-order valence-corrected chi connectivity index (χ4v) is 6.82. The molecule has 0 spiro atoms. The summed E-state index contributed by atoms with van der Waals surface area (Å²) >= 11 is 1.52. The Morgan fingerprint density at radius 2 is 1.78 bits per heavy atom. The van der Waals surface area contributed by atoms with Gasteiger partial charge in [0, 0.05) is 36.4 Å². The smallest absolute Gasteiger partial charge is 0.407 e. The molecular weight excluding hydrogens is 486 g/mol. The van der Waals surface area contributed by atoms with E-state index in [1.54, 1.807) is 4.90 Å². The number of anilines is 2. The average Bonchev–Trinajstić information content (AvgIpc) is 3.45. The lowest BCUT2D eigenvalue weighted by molar-refractivity contribution is 0.0748. The van der Waals surface area contributed by atoms with E-state index in [0.717, 1.165) is 40.1 Å². The first-order valence-corrected chi connectivity index (χ1v) is 14.1. The van der Waals surface area contributed by atoms with Crippen LogP contribution in [-0.2, 0) is 0 Å². The van der Waals surface area contributed by atoms with E-state index in [0.29, 0.717) is 30.6 Å². The number of rotatable bonds is 4. The van der Waals surface area contributed by atoms with Crippen molar-refractivity contribution >= 4 is 44.9 Å². The molecule has 1 atom stereocenters. The standard InChI is InChI=1S/C28H37N5O3S/c1-18-22-16-23(37-26(22)33(30-18)21-8-6-5-7-9-21)25(34)29-19-10-12-20(13-11-19)31-14-15-32(27(35)36)24(17-31)28(2,3)4/h10-13,16,21,24H,5-9,14-15,17H2,1-4H3,(H,29,34)(H,35,36). The van der Waals surface area contributed by atoms with Crippen molar-refractivity contribution in [2.75, 3.05) is 29.9 Å². The number of benzene rings is 1. The molecule has 5 rings (SSSR count). The summed E-state index contributed by atoms with van der Waals surface area (Å²) in [5, 5.41) is 18.6. The van der Waals surface area contributed by atoms with Gasteiger partial charge in [0.15, 0.2) is 0 Å². The molecule has 1 aliphatic heterocycles. The number of carboxylic acid groups (broad SMARTS) is 1. The summed E-state index contributed by atoms with van der Waals surface area (Å²) in [7, 11) is 0. The summed E-state index contributed by atoms with van der Waals surface area (Å²) in [6, 6.07) is 10.2. The van der Waals surface area contributed by atoms with Crippen molar-refractivity contribution in [1.82, 2.24) is 14.7 Å². The Labute approximate surface area is 222 Å². The number of hydrogen-bond donors (Lipinski definition) is 2. The van der Waals surface area contributed by atoms with Crippen LogP contribution in [0.25, 0.3) is 10.2 Å². The summed E-state index contributed by atoms with van der Waals surface area (Å²) in [6.07, 6.45) is 5.23. The fourth-order valence-electron chi connectivity index (χ4n) is 5.69. The predicted octanol–water partition coefficient (Wildman–Crippen LogP) is 6.38. The topological polar surface area (TPSA) is 90.7 Å². The average molecular weight is 524 g/mol. The van der Waals surface area contributed by atoms with Gasteiger partial charge in [-0.2, -0.15) is 5.10 Å². The summed E-state index contributed by atoms with van der Waals surface area (Å²) in [5.74, 6) is -0.105. The van der Waals surface area contributed by atoms with E-state index < -0.39 is 6.09 Å². The predicted molar refractivity (Wildman–Crippen MR) is 149 cm³/mol. The number of hydrogen-bond acceptors (Lipinski definition) is 5. The van der Waals surface area contributed by atoms with Crippen LogP contribution in [0.4, 0.5) is 16.2 Å². The minimum atomic E-state index is -0.861. The molecule has 0 radical (unpaired) electrons. The molecule has 1 saturated carbocycles. The highest BCUT2D eigenvalue weighted by molar-refractivity contribution is 7.20. The van der Waals surface area contributed by atoms with E-state index in [1.165, 1.54) is 30.6 Å². The molecule has 1 aromatic carbocycles. The number of nitrogens with one attached hydrogen (secondary N) is 1.